The van der Waals surface area contributed by atoms with Crippen LogP contribution in [-0.2, 0) is 24.7 Å². The summed E-state index contributed by atoms with van der Waals surface area (Å²) in [5, 5.41) is 22.1. The number of hydrogen-bond acceptors (Lipinski definition) is 7. The van der Waals surface area contributed by atoms with Gasteiger partial charge in [0.15, 0.2) is 17.1 Å². The summed E-state index contributed by atoms with van der Waals surface area (Å²) in [7, 11) is 1.78. The zero-order valence-corrected chi connectivity index (χ0v) is 20.4. The molecule has 2 heterocycles. The molecule has 4 rings (SSSR count). The predicted molar refractivity (Wildman–Crippen MR) is 126 cm³/mol. The van der Waals surface area contributed by atoms with Crippen LogP contribution in [0.5, 0.6) is 5.75 Å². The minimum Gasteiger partial charge on any atom is -0.481 e. The third kappa shape index (κ3) is 5.16. The molecule has 0 bridgehead atoms. The molecule has 0 spiro atoms. The molecule has 1 aliphatic rings. The summed E-state index contributed by atoms with van der Waals surface area (Å²) >= 11 is 8.78. The third-order valence-corrected chi connectivity index (χ3v) is 7.82. The van der Waals surface area contributed by atoms with Crippen LogP contribution in [0.2, 0.25) is 5.02 Å². The number of anilines is 1. The normalized spacial score (nSPS) is 13.8. The number of thiophene rings is 1. The van der Waals surface area contributed by atoms with Crippen molar-refractivity contribution < 1.29 is 13.9 Å². The molecule has 33 heavy (non-hydrogen) atoms. The highest BCUT2D eigenvalue weighted by Gasteiger charge is 2.23. The predicted octanol–water partition coefficient (Wildman–Crippen LogP) is 5.29. The Bertz CT molecular complexity index is 1240. The Kier molecular flexibility index (Phi) is 7.22. The van der Waals surface area contributed by atoms with Crippen molar-refractivity contribution in [3.8, 4) is 11.8 Å². The fourth-order valence-electron chi connectivity index (χ4n) is 3.68. The first-order valence-electron chi connectivity index (χ1n) is 10.4. The van der Waals surface area contributed by atoms with Crippen molar-refractivity contribution >= 4 is 45.6 Å². The van der Waals surface area contributed by atoms with Crippen molar-refractivity contribution in [1.82, 2.24) is 14.8 Å². The Morgan fingerprint density at radius 3 is 2.97 bits per heavy atom. The summed E-state index contributed by atoms with van der Waals surface area (Å²) in [6.45, 7) is 1.78. The van der Waals surface area contributed by atoms with E-state index < -0.39 is 11.9 Å². The number of ether oxygens (including phenoxy) is 1. The molecular weight excluding hydrogens is 485 g/mol. The summed E-state index contributed by atoms with van der Waals surface area (Å²) in [5.41, 5.74) is 1.68. The van der Waals surface area contributed by atoms with Crippen LogP contribution in [0.25, 0.3) is 0 Å². The average Bonchev–Trinajstić information content (AvgIpc) is 3.33. The molecule has 1 amide bonds. The lowest BCUT2D eigenvalue weighted by atomic mass is 9.96. The minimum absolute atomic E-state index is 0.123. The molecule has 0 aliphatic heterocycles. The summed E-state index contributed by atoms with van der Waals surface area (Å²) in [6.07, 6.45) is 3.55. The first-order valence-corrected chi connectivity index (χ1v) is 12.5. The van der Waals surface area contributed by atoms with Crippen molar-refractivity contribution in [2.45, 2.75) is 43.9 Å². The maximum Gasteiger partial charge on any atom is 0.235 e. The van der Waals surface area contributed by atoms with E-state index >= 15 is 0 Å². The van der Waals surface area contributed by atoms with E-state index in [1.165, 1.54) is 46.2 Å². The highest BCUT2D eigenvalue weighted by molar-refractivity contribution is 7.99. The maximum atomic E-state index is 13.2. The third-order valence-electron chi connectivity index (χ3n) is 5.30. The standard InChI is InChI=1S/C22H21ClFN5O2S2/c1-12(31-17-8-7-13(24)9-16(17)23)20-27-28-22(29(20)2)32-11-19(30)26-21-15(10-25)14-5-3-4-6-18(14)33-21/h7-9,12H,3-6,11H2,1-2H3,(H,26,30). The van der Waals surface area contributed by atoms with Crippen molar-refractivity contribution in [2.75, 3.05) is 11.1 Å². The topological polar surface area (TPSA) is 92.8 Å². The van der Waals surface area contributed by atoms with Gasteiger partial charge in [-0.15, -0.1) is 21.5 Å². The number of rotatable bonds is 7. The van der Waals surface area contributed by atoms with Crippen LogP contribution in [0.1, 0.15) is 47.7 Å². The highest BCUT2D eigenvalue weighted by Crippen LogP contribution is 2.37. The van der Waals surface area contributed by atoms with Gasteiger partial charge in [0, 0.05) is 11.9 Å². The molecule has 0 radical (unpaired) electrons. The Labute approximate surface area is 203 Å². The second-order valence-electron chi connectivity index (χ2n) is 7.60. The fraction of sp³-hybridized carbons (Fsp3) is 0.364. The van der Waals surface area contributed by atoms with E-state index in [4.69, 9.17) is 16.3 Å². The van der Waals surface area contributed by atoms with Crippen molar-refractivity contribution in [3.63, 3.8) is 0 Å². The number of nitriles is 1. The molecule has 7 nitrogen and oxygen atoms in total. The minimum atomic E-state index is -0.496. The Morgan fingerprint density at radius 2 is 2.21 bits per heavy atom. The van der Waals surface area contributed by atoms with Gasteiger partial charge in [-0.3, -0.25) is 4.79 Å². The molecule has 1 atom stereocenters. The van der Waals surface area contributed by atoms with Crippen molar-refractivity contribution in [2.24, 2.45) is 7.05 Å². The first-order chi connectivity index (χ1) is 15.9. The Hall–Kier alpha value is -2.61. The quantitative estimate of drug-likeness (QED) is 0.438. The number of fused-ring (bicyclic) bond motifs is 1. The van der Waals surface area contributed by atoms with Gasteiger partial charge in [-0.1, -0.05) is 23.4 Å². The van der Waals surface area contributed by atoms with Gasteiger partial charge in [-0.25, -0.2) is 4.39 Å². The average molecular weight is 506 g/mol. The zero-order chi connectivity index (χ0) is 23.5. The summed E-state index contributed by atoms with van der Waals surface area (Å²) in [5.74, 6) is 0.352. The van der Waals surface area contributed by atoms with Gasteiger partial charge in [-0.05, 0) is 56.4 Å². The first kappa shape index (κ1) is 23.5. The van der Waals surface area contributed by atoms with Crippen LogP contribution >= 0.6 is 34.7 Å². The van der Waals surface area contributed by atoms with Gasteiger partial charge in [0.05, 0.1) is 16.3 Å². The van der Waals surface area contributed by atoms with E-state index in [0.717, 1.165) is 31.2 Å². The molecule has 1 aliphatic carbocycles. The summed E-state index contributed by atoms with van der Waals surface area (Å²) < 4.78 is 20.8. The molecule has 11 heteroatoms. The molecule has 3 aromatic rings. The number of carbonyl (C=O) groups excluding carboxylic acids is 1. The van der Waals surface area contributed by atoms with Gasteiger partial charge >= 0.3 is 0 Å². The summed E-state index contributed by atoms with van der Waals surface area (Å²) in [4.78, 5) is 13.8. The van der Waals surface area contributed by atoms with Gasteiger partial charge in [0.25, 0.3) is 0 Å². The lowest BCUT2D eigenvalue weighted by Gasteiger charge is -2.15. The number of aryl methyl sites for hydroxylation is 1. The number of aromatic nitrogens is 3. The number of hydrogen-bond donors (Lipinski definition) is 1. The monoisotopic (exact) mass is 505 g/mol. The second-order valence-corrected chi connectivity index (χ2v) is 10.1. The number of amides is 1. The van der Waals surface area contributed by atoms with Crippen LogP contribution in [0.15, 0.2) is 23.4 Å². The lowest BCUT2D eigenvalue weighted by molar-refractivity contribution is -0.113. The van der Waals surface area contributed by atoms with Gasteiger partial charge < -0.3 is 14.6 Å². The van der Waals surface area contributed by atoms with E-state index in [9.17, 15) is 14.4 Å². The van der Waals surface area contributed by atoms with Gasteiger partial charge in [0.1, 0.15) is 22.6 Å². The molecule has 1 aromatic carbocycles. The van der Waals surface area contributed by atoms with Crippen LogP contribution < -0.4 is 10.1 Å². The molecule has 172 valence electrons. The van der Waals surface area contributed by atoms with E-state index in [1.807, 2.05) is 0 Å². The van der Waals surface area contributed by atoms with E-state index in [0.29, 0.717) is 27.3 Å². The smallest absolute Gasteiger partial charge is 0.235 e. The number of carbonyl (C=O) groups is 1. The van der Waals surface area contributed by atoms with Gasteiger partial charge in [-0.2, -0.15) is 5.26 Å². The van der Waals surface area contributed by atoms with Crippen LogP contribution in [-0.4, -0.2) is 26.4 Å². The van der Waals surface area contributed by atoms with Gasteiger partial charge in [0.2, 0.25) is 5.91 Å². The van der Waals surface area contributed by atoms with Crippen molar-refractivity contribution in [1.29, 1.82) is 5.26 Å². The second kappa shape index (κ2) is 10.1. The molecule has 0 saturated heterocycles. The number of halogens is 2. The summed E-state index contributed by atoms with van der Waals surface area (Å²) in [6, 6.07) is 6.17. The largest absolute Gasteiger partial charge is 0.481 e. The Morgan fingerprint density at radius 1 is 1.42 bits per heavy atom. The zero-order valence-electron chi connectivity index (χ0n) is 18.0. The number of thioether (sulfide) groups is 1. The number of benzene rings is 1. The van der Waals surface area contributed by atoms with E-state index in [1.54, 1.807) is 18.5 Å². The maximum absolute atomic E-state index is 13.2. The molecule has 1 unspecified atom stereocenters. The molecule has 0 saturated carbocycles. The molecule has 0 fully saturated rings. The number of nitrogens with zero attached hydrogens (tertiary/aromatic N) is 4. The van der Waals surface area contributed by atoms with Crippen LogP contribution in [0.3, 0.4) is 0 Å². The molecule has 1 N–H and O–H groups in total. The highest BCUT2D eigenvalue weighted by atomic mass is 35.5. The van der Waals surface area contributed by atoms with Crippen LogP contribution in [0.4, 0.5) is 9.39 Å². The fourth-order valence-corrected chi connectivity index (χ4v) is 5.87. The SMILES string of the molecule is CC(Oc1ccc(F)cc1Cl)c1nnc(SCC(=O)Nc2sc3c(c2C#N)CCCC3)n1C. The van der Waals surface area contributed by atoms with E-state index in [-0.39, 0.29) is 16.7 Å². The van der Waals surface area contributed by atoms with Crippen molar-refractivity contribution in [3.05, 3.63) is 50.9 Å². The molecular formula is C22H21ClFN5O2S2. The van der Waals surface area contributed by atoms with Crippen LogP contribution in [0, 0.1) is 17.1 Å². The van der Waals surface area contributed by atoms with E-state index in [2.05, 4.69) is 21.6 Å². The Balaban J connectivity index is 1.38. The molecule has 2 aromatic heterocycles. The lowest BCUT2D eigenvalue weighted by Crippen LogP contribution is -2.15. The number of nitrogens with one attached hydrogen (secondary N) is 1.